The minimum atomic E-state index is -0.931. The third-order valence-corrected chi connectivity index (χ3v) is 6.66. The van der Waals surface area contributed by atoms with Crippen LogP contribution < -0.4 is 10.1 Å². The predicted octanol–water partition coefficient (Wildman–Crippen LogP) is 5.54. The quantitative estimate of drug-likeness (QED) is 0.231. The van der Waals surface area contributed by atoms with Crippen LogP contribution in [-0.4, -0.2) is 55.0 Å². The Hall–Kier alpha value is -1.51. The van der Waals surface area contributed by atoms with Gasteiger partial charge in [-0.15, -0.1) is 0 Å². The van der Waals surface area contributed by atoms with Crippen LogP contribution in [0.2, 0.25) is 10.0 Å². The Morgan fingerprint density at radius 3 is 2.47 bits per heavy atom. The van der Waals surface area contributed by atoms with E-state index in [9.17, 15) is 14.4 Å². The molecule has 1 atom stereocenters. The van der Waals surface area contributed by atoms with Crippen molar-refractivity contribution in [2.75, 3.05) is 26.3 Å². The number of hydrogen-bond donors (Lipinski definition) is 1. The third-order valence-electron chi connectivity index (χ3n) is 5.58. The molecule has 0 radical (unpaired) electrons. The molecule has 0 spiro atoms. The van der Waals surface area contributed by atoms with E-state index >= 15 is 0 Å². The fourth-order valence-electron chi connectivity index (χ4n) is 3.74. The standard InChI is InChI=1S/C24H33BrCl2N2O5/c1-2-3-4-5-6-7-8-9-12-33-22(31)15-20-24(32)28-10-11-29(20)21(30)16-34-23-18(25)13-17(26)14-19(23)27/h13-14,20H,2-12,15-16H2,1H3,(H,28,32). The number of esters is 1. The Labute approximate surface area is 219 Å². The number of benzene rings is 1. The highest BCUT2D eigenvalue weighted by Crippen LogP contribution is 2.36. The van der Waals surface area contributed by atoms with Crippen molar-refractivity contribution in [1.82, 2.24) is 10.2 Å². The summed E-state index contributed by atoms with van der Waals surface area (Å²) in [5.74, 6) is -1.02. The summed E-state index contributed by atoms with van der Waals surface area (Å²) in [4.78, 5) is 38.9. The Morgan fingerprint density at radius 1 is 1.12 bits per heavy atom. The van der Waals surface area contributed by atoms with Gasteiger partial charge in [0.15, 0.2) is 12.4 Å². The van der Waals surface area contributed by atoms with Gasteiger partial charge in [0, 0.05) is 18.1 Å². The Bertz CT molecular complexity index is 817. The second-order valence-electron chi connectivity index (χ2n) is 8.28. The molecule has 1 aromatic rings. The van der Waals surface area contributed by atoms with E-state index in [0.29, 0.717) is 22.6 Å². The number of ether oxygens (including phenoxy) is 2. The monoisotopic (exact) mass is 578 g/mol. The van der Waals surface area contributed by atoms with E-state index in [1.54, 1.807) is 6.07 Å². The van der Waals surface area contributed by atoms with E-state index in [1.807, 2.05) is 0 Å². The van der Waals surface area contributed by atoms with Gasteiger partial charge in [-0.3, -0.25) is 14.4 Å². The van der Waals surface area contributed by atoms with Crippen LogP contribution in [0, 0.1) is 0 Å². The van der Waals surface area contributed by atoms with Gasteiger partial charge in [-0.1, -0.05) is 75.1 Å². The first-order valence-electron chi connectivity index (χ1n) is 11.8. The molecular weight excluding hydrogens is 547 g/mol. The Kier molecular flexibility index (Phi) is 13.1. The van der Waals surface area contributed by atoms with Crippen molar-refractivity contribution in [3.05, 3.63) is 26.7 Å². The summed E-state index contributed by atoms with van der Waals surface area (Å²) in [6, 6.07) is 2.18. The van der Waals surface area contributed by atoms with Crippen LogP contribution in [0.25, 0.3) is 0 Å². The van der Waals surface area contributed by atoms with Crippen molar-refractivity contribution < 1.29 is 23.9 Å². The second kappa shape index (κ2) is 15.5. The van der Waals surface area contributed by atoms with Crippen LogP contribution in [-0.2, 0) is 19.1 Å². The molecule has 1 saturated heterocycles. The van der Waals surface area contributed by atoms with Crippen molar-refractivity contribution in [1.29, 1.82) is 0 Å². The molecule has 0 aliphatic carbocycles. The lowest BCUT2D eigenvalue weighted by Crippen LogP contribution is -2.58. The Balaban J connectivity index is 1.78. The van der Waals surface area contributed by atoms with Gasteiger partial charge < -0.3 is 19.7 Å². The number of hydrogen-bond acceptors (Lipinski definition) is 5. The SMILES string of the molecule is CCCCCCCCCCOC(=O)CC1C(=O)NCCN1C(=O)COc1c(Cl)cc(Cl)cc1Br. The Morgan fingerprint density at radius 2 is 1.79 bits per heavy atom. The molecule has 0 bridgehead atoms. The predicted molar refractivity (Wildman–Crippen MR) is 136 cm³/mol. The highest BCUT2D eigenvalue weighted by molar-refractivity contribution is 9.10. The minimum absolute atomic E-state index is 0.194. The number of rotatable bonds is 14. The smallest absolute Gasteiger partial charge is 0.308 e. The molecule has 1 aliphatic rings. The molecule has 2 rings (SSSR count). The van der Waals surface area contributed by atoms with Crippen LogP contribution in [0.4, 0.5) is 0 Å². The van der Waals surface area contributed by atoms with E-state index in [4.69, 9.17) is 32.7 Å². The number of carbonyl (C=O) groups is 3. The lowest BCUT2D eigenvalue weighted by atomic mass is 10.1. The normalized spacial score (nSPS) is 15.7. The second-order valence-corrected chi connectivity index (χ2v) is 9.98. The summed E-state index contributed by atoms with van der Waals surface area (Å²) < 4.78 is 11.4. The van der Waals surface area contributed by atoms with Crippen LogP contribution in [0.3, 0.4) is 0 Å². The fraction of sp³-hybridized carbons (Fsp3) is 0.625. The number of amides is 2. The van der Waals surface area contributed by atoms with Crippen LogP contribution in [0.15, 0.2) is 16.6 Å². The van der Waals surface area contributed by atoms with Crippen LogP contribution in [0.5, 0.6) is 5.75 Å². The average Bonchev–Trinajstić information content (AvgIpc) is 2.78. The summed E-state index contributed by atoms with van der Waals surface area (Å²) in [5.41, 5.74) is 0. The molecule has 7 nitrogen and oxygen atoms in total. The van der Waals surface area contributed by atoms with E-state index in [2.05, 4.69) is 28.2 Å². The van der Waals surface area contributed by atoms with Gasteiger partial charge >= 0.3 is 5.97 Å². The maximum Gasteiger partial charge on any atom is 0.308 e. The van der Waals surface area contributed by atoms with Gasteiger partial charge in [0.05, 0.1) is 22.5 Å². The largest absolute Gasteiger partial charge is 0.481 e. The van der Waals surface area contributed by atoms with Crippen LogP contribution >= 0.6 is 39.1 Å². The van der Waals surface area contributed by atoms with Crippen molar-refractivity contribution in [2.24, 2.45) is 0 Å². The molecule has 1 N–H and O–H groups in total. The van der Waals surface area contributed by atoms with E-state index < -0.39 is 17.9 Å². The van der Waals surface area contributed by atoms with E-state index in [0.717, 1.165) is 19.3 Å². The van der Waals surface area contributed by atoms with Crippen LogP contribution in [0.1, 0.15) is 64.7 Å². The molecule has 0 saturated carbocycles. The first kappa shape index (κ1) is 28.7. The van der Waals surface area contributed by atoms with Crippen molar-refractivity contribution in [3.8, 4) is 5.75 Å². The van der Waals surface area contributed by atoms with Crippen molar-refractivity contribution in [2.45, 2.75) is 70.8 Å². The zero-order valence-corrected chi connectivity index (χ0v) is 22.6. The topological polar surface area (TPSA) is 84.9 Å². The van der Waals surface area contributed by atoms with Crippen molar-refractivity contribution >= 4 is 56.9 Å². The molecule has 1 fully saturated rings. The molecule has 1 aliphatic heterocycles. The minimum Gasteiger partial charge on any atom is -0.481 e. The molecule has 1 heterocycles. The molecule has 1 aromatic carbocycles. The molecular formula is C24H33BrCl2N2O5. The summed E-state index contributed by atoms with van der Waals surface area (Å²) in [6.45, 7) is 2.77. The van der Waals surface area contributed by atoms with E-state index in [1.165, 1.54) is 43.1 Å². The highest BCUT2D eigenvalue weighted by Gasteiger charge is 2.35. The zero-order chi connectivity index (χ0) is 24.9. The molecule has 10 heteroatoms. The number of nitrogens with zero attached hydrogens (tertiary/aromatic N) is 1. The zero-order valence-electron chi connectivity index (χ0n) is 19.5. The summed E-state index contributed by atoms with van der Waals surface area (Å²) >= 11 is 15.4. The van der Waals surface area contributed by atoms with Gasteiger partial charge in [-0.25, -0.2) is 0 Å². The number of piperazine rings is 1. The maximum atomic E-state index is 12.8. The fourth-order valence-corrected chi connectivity index (χ4v) is 5.11. The average molecular weight is 580 g/mol. The number of nitrogens with one attached hydrogen (secondary N) is 1. The van der Waals surface area contributed by atoms with E-state index in [-0.39, 0.29) is 36.3 Å². The number of halogens is 3. The van der Waals surface area contributed by atoms with Gasteiger partial charge in [-0.2, -0.15) is 0 Å². The summed E-state index contributed by atoms with van der Waals surface area (Å²) in [7, 11) is 0. The first-order valence-corrected chi connectivity index (χ1v) is 13.4. The molecule has 34 heavy (non-hydrogen) atoms. The van der Waals surface area contributed by atoms with Gasteiger partial charge in [0.1, 0.15) is 6.04 Å². The highest BCUT2D eigenvalue weighted by atomic mass is 79.9. The van der Waals surface area contributed by atoms with Gasteiger partial charge in [0.25, 0.3) is 5.91 Å². The molecule has 0 aromatic heterocycles. The first-order chi connectivity index (χ1) is 16.3. The van der Waals surface area contributed by atoms with Gasteiger partial charge in [-0.05, 0) is 34.5 Å². The molecule has 190 valence electrons. The summed E-state index contributed by atoms with van der Waals surface area (Å²) in [5, 5.41) is 3.38. The van der Waals surface area contributed by atoms with Gasteiger partial charge in [0.2, 0.25) is 5.91 Å². The number of carbonyl (C=O) groups excluding carboxylic acids is 3. The molecule has 1 unspecified atom stereocenters. The lowest BCUT2D eigenvalue weighted by Gasteiger charge is -2.34. The van der Waals surface area contributed by atoms with Crippen molar-refractivity contribution in [3.63, 3.8) is 0 Å². The lowest BCUT2D eigenvalue weighted by molar-refractivity contribution is -0.152. The molecule has 2 amide bonds. The number of unbranched alkanes of at least 4 members (excludes halogenated alkanes) is 7. The summed E-state index contributed by atoms with van der Waals surface area (Å²) in [6.07, 6.45) is 8.98. The third kappa shape index (κ3) is 9.62. The maximum absolute atomic E-state index is 12.8.